The number of benzene rings is 3. The first-order valence-electron chi connectivity index (χ1n) is 10.1. The zero-order valence-electron chi connectivity index (χ0n) is 17.5. The first kappa shape index (κ1) is 21.1. The fourth-order valence-electron chi connectivity index (χ4n) is 3.06. The van der Waals surface area contributed by atoms with Gasteiger partial charge in [-0.1, -0.05) is 48.5 Å². The van der Waals surface area contributed by atoms with Gasteiger partial charge in [-0.05, 0) is 43.3 Å². The van der Waals surface area contributed by atoms with Crippen LogP contribution in [0.5, 0.6) is 5.75 Å². The van der Waals surface area contributed by atoms with E-state index in [2.05, 4.69) is 4.98 Å². The Morgan fingerprint density at radius 2 is 1.47 bits per heavy atom. The fourth-order valence-corrected chi connectivity index (χ4v) is 3.06. The number of hydrogen-bond acceptors (Lipinski definition) is 6. The third kappa shape index (κ3) is 5.10. The summed E-state index contributed by atoms with van der Waals surface area (Å²) in [7, 11) is 0. The van der Waals surface area contributed by atoms with Crippen LogP contribution in [0.3, 0.4) is 0 Å². The van der Waals surface area contributed by atoms with Gasteiger partial charge in [-0.3, -0.25) is 4.79 Å². The number of aryl methyl sites for hydroxylation is 1. The number of hydrogen-bond donors (Lipinski definition) is 0. The van der Waals surface area contributed by atoms with Crippen molar-refractivity contribution in [1.82, 2.24) is 4.98 Å². The van der Waals surface area contributed by atoms with Gasteiger partial charge in [0, 0.05) is 16.7 Å². The molecule has 1 aromatic heterocycles. The van der Waals surface area contributed by atoms with E-state index in [1.165, 1.54) is 0 Å². The van der Waals surface area contributed by atoms with Crippen molar-refractivity contribution in [3.05, 3.63) is 108 Å². The van der Waals surface area contributed by atoms with Crippen molar-refractivity contribution < 1.29 is 23.5 Å². The Kier molecular flexibility index (Phi) is 6.41. The first-order valence-corrected chi connectivity index (χ1v) is 10.1. The summed E-state index contributed by atoms with van der Waals surface area (Å²) in [6.07, 6.45) is 0. The third-order valence-electron chi connectivity index (χ3n) is 4.79. The Balaban J connectivity index is 1.28. The van der Waals surface area contributed by atoms with Gasteiger partial charge < -0.3 is 13.9 Å². The largest absolute Gasteiger partial charge is 0.482 e. The molecule has 0 saturated carbocycles. The molecule has 32 heavy (non-hydrogen) atoms. The van der Waals surface area contributed by atoms with Gasteiger partial charge in [-0.2, -0.15) is 0 Å². The minimum atomic E-state index is -0.530. The Morgan fingerprint density at radius 3 is 2.16 bits per heavy atom. The zero-order chi connectivity index (χ0) is 22.3. The number of ketones is 1. The van der Waals surface area contributed by atoms with Gasteiger partial charge in [0.25, 0.3) is 0 Å². The molecule has 0 N–H and O–H groups in total. The second-order valence-corrected chi connectivity index (χ2v) is 7.06. The van der Waals surface area contributed by atoms with Crippen LogP contribution in [0.15, 0.2) is 89.3 Å². The van der Waals surface area contributed by atoms with Gasteiger partial charge in [0.1, 0.15) is 23.8 Å². The molecule has 4 aromatic rings. The maximum Gasteiger partial charge on any atom is 0.344 e. The summed E-state index contributed by atoms with van der Waals surface area (Å²) >= 11 is 0. The van der Waals surface area contributed by atoms with Crippen LogP contribution in [-0.2, 0) is 16.1 Å². The Hall–Kier alpha value is -4.19. The summed E-state index contributed by atoms with van der Waals surface area (Å²) in [5, 5.41) is 0. The van der Waals surface area contributed by atoms with Crippen LogP contribution in [0.2, 0.25) is 0 Å². The van der Waals surface area contributed by atoms with Gasteiger partial charge in [-0.15, -0.1) is 0 Å². The summed E-state index contributed by atoms with van der Waals surface area (Å²) in [4.78, 5) is 28.9. The molecule has 0 radical (unpaired) electrons. The Morgan fingerprint density at radius 1 is 0.844 bits per heavy atom. The van der Waals surface area contributed by atoms with Crippen LogP contribution in [0.4, 0.5) is 0 Å². The van der Waals surface area contributed by atoms with Crippen LogP contribution in [0, 0.1) is 6.92 Å². The Bertz CT molecular complexity index is 1200. The highest BCUT2D eigenvalue weighted by atomic mass is 16.6. The minimum Gasteiger partial charge on any atom is -0.482 e. The maximum absolute atomic E-state index is 12.4. The van der Waals surface area contributed by atoms with E-state index < -0.39 is 5.97 Å². The second-order valence-electron chi connectivity index (χ2n) is 7.06. The van der Waals surface area contributed by atoms with Crippen molar-refractivity contribution in [2.45, 2.75) is 13.5 Å². The molecular formula is C26H21NO5. The van der Waals surface area contributed by atoms with E-state index in [1.54, 1.807) is 43.3 Å². The lowest BCUT2D eigenvalue weighted by Crippen LogP contribution is -2.15. The highest BCUT2D eigenvalue weighted by Crippen LogP contribution is 2.22. The minimum absolute atomic E-state index is 0.00508. The molecule has 0 aliphatic rings. The summed E-state index contributed by atoms with van der Waals surface area (Å²) in [6.45, 7) is 1.51. The summed E-state index contributed by atoms with van der Waals surface area (Å²) in [5.74, 6) is 0.940. The number of rotatable bonds is 8. The molecule has 0 unspecified atom stereocenters. The number of oxazole rings is 1. The molecule has 4 rings (SSSR count). The molecule has 0 amide bonds. The second kappa shape index (κ2) is 9.75. The van der Waals surface area contributed by atoms with Gasteiger partial charge in [0.05, 0.1) is 0 Å². The average Bonchev–Trinajstić information content (AvgIpc) is 3.23. The summed E-state index contributed by atoms with van der Waals surface area (Å²) < 4.78 is 16.4. The molecule has 0 aliphatic heterocycles. The number of nitrogens with zero attached hydrogens (tertiary/aromatic N) is 1. The van der Waals surface area contributed by atoms with Crippen LogP contribution in [0.25, 0.3) is 11.5 Å². The van der Waals surface area contributed by atoms with Crippen molar-refractivity contribution in [2.24, 2.45) is 0 Å². The molecule has 3 aromatic carbocycles. The van der Waals surface area contributed by atoms with Crippen molar-refractivity contribution in [2.75, 3.05) is 6.61 Å². The van der Waals surface area contributed by atoms with E-state index in [1.807, 2.05) is 48.5 Å². The SMILES string of the molecule is Cc1oc(-c2ccccc2)nc1COC(=O)COc1ccc(C(=O)c2ccccc2)cc1. The molecule has 160 valence electrons. The third-order valence-corrected chi connectivity index (χ3v) is 4.79. The fraction of sp³-hybridized carbons (Fsp3) is 0.115. The number of ether oxygens (including phenoxy) is 2. The van der Waals surface area contributed by atoms with Crippen molar-refractivity contribution in [3.63, 3.8) is 0 Å². The van der Waals surface area contributed by atoms with E-state index >= 15 is 0 Å². The lowest BCUT2D eigenvalue weighted by molar-refractivity contribution is -0.147. The molecule has 0 bridgehead atoms. The summed E-state index contributed by atoms with van der Waals surface area (Å²) in [6, 6.07) is 25.2. The molecule has 0 atom stereocenters. The molecule has 6 nitrogen and oxygen atoms in total. The van der Waals surface area contributed by atoms with Gasteiger partial charge >= 0.3 is 5.97 Å². The van der Waals surface area contributed by atoms with E-state index in [9.17, 15) is 9.59 Å². The van der Waals surface area contributed by atoms with Crippen molar-refractivity contribution in [1.29, 1.82) is 0 Å². The highest BCUT2D eigenvalue weighted by molar-refractivity contribution is 6.08. The smallest absolute Gasteiger partial charge is 0.344 e. The summed E-state index contributed by atoms with van der Waals surface area (Å²) in [5.41, 5.74) is 2.57. The molecule has 0 saturated heterocycles. The van der Waals surface area contributed by atoms with Crippen molar-refractivity contribution in [3.8, 4) is 17.2 Å². The van der Waals surface area contributed by atoms with Crippen LogP contribution >= 0.6 is 0 Å². The lowest BCUT2D eigenvalue weighted by atomic mass is 10.0. The van der Waals surface area contributed by atoms with Gasteiger partial charge in [0.2, 0.25) is 5.89 Å². The average molecular weight is 427 g/mol. The van der Waals surface area contributed by atoms with E-state index in [0.29, 0.717) is 34.2 Å². The molecular weight excluding hydrogens is 406 g/mol. The lowest BCUT2D eigenvalue weighted by Gasteiger charge is -2.07. The Labute approximate surface area is 185 Å². The van der Waals surface area contributed by atoms with Gasteiger partial charge in [-0.25, -0.2) is 9.78 Å². The first-order chi connectivity index (χ1) is 15.6. The predicted molar refractivity (Wildman–Crippen MR) is 118 cm³/mol. The number of aromatic nitrogens is 1. The molecule has 0 aliphatic carbocycles. The molecule has 1 heterocycles. The van der Waals surface area contributed by atoms with Crippen LogP contribution in [0.1, 0.15) is 27.4 Å². The van der Waals surface area contributed by atoms with Crippen LogP contribution < -0.4 is 4.74 Å². The van der Waals surface area contributed by atoms with Crippen LogP contribution in [-0.4, -0.2) is 23.3 Å². The predicted octanol–water partition coefficient (Wildman–Crippen LogP) is 5.00. The number of carbonyl (C=O) groups is 2. The molecule has 6 heteroatoms. The number of esters is 1. The zero-order valence-corrected chi connectivity index (χ0v) is 17.5. The molecule has 0 spiro atoms. The van der Waals surface area contributed by atoms with E-state index in [0.717, 1.165) is 5.56 Å². The van der Waals surface area contributed by atoms with E-state index in [-0.39, 0.29) is 19.0 Å². The normalized spacial score (nSPS) is 10.5. The monoisotopic (exact) mass is 427 g/mol. The maximum atomic E-state index is 12.4. The highest BCUT2D eigenvalue weighted by Gasteiger charge is 2.14. The van der Waals surface area contributed by atoms with Crippen molar-refractivity contribution >= 4 is 11.8 Å². The topological polar surface area (TPSA) is 78.6 Å². The number of carbonyl (C=O) groups excluding carboxylic acids is 2. The quantitative estimate of drug-likeness (QED) is 0.291. The molecule has 0 fully saturated rings. The van der Waals surface area contributed by atoms with Gasteiger partial charge in [0.15, 0.2) is 12.4 Å². The van der Waals surface area contributed by atoms with E-state index in [4.69, 9.17) is 13.9 Å². The standard InChI is InChI=1S/C26H21NO5/c1-18-23(27-26(32-18)21-10-6-3-7-11-21)16-31-24(28)17-30-22-14-12-20(13-15-22)25(29)19-8-4-2-5-9-19/h2-15H,16-17H2,1H3.